The Morgan fingerprint density at radius 1 is 1.36 bits per heavy atom. The Hall–Kier alpha value is -1.03. The molecule has 54 valence electrons. The highest BCUT2D eigenvalue weighted by Gasteiger charge is 1.98. The van der Waals surface area contributed by atoms with Crippen LogP contribution in [-0.2, 0) is 0 Å². The molecular formula is C7H4BrN3. The van der Waals surface area contributed by atoms with Crippen LogP contribution in [0.5, 0.6) is 0 Å². The fourth-order valence-electron chi connectivity index (χ4n) is 0.883. The quantitative estimate of drug-likeness (QED) is 0.665. The Morgan fingerprint density at radius 2 is 2.27 bits per heavy atom. The molecule has 3 nitrogen and oxygen atoms in total. The largest absolute Gasteiger partial charge is 0.253 e. The molecule has 0 aliphatic heterocycles. The van der Waals surface area contributed by atoms with Gasteiger partial charge in [0, 0.05) is 11.6 Å². The van der Waals surface area contributed by atoms with Crippen LogP contribution in [0.4, 0.5) is 0 Å². The van der Waals surface area contributed by atoms with Gasteiger partial charge in [0.2, 0.25) is 0 Å². The Bertz CT molecular complexity index is 383. The molecular weight excluding hydrogens is 206 g/mol. The van der Waals surface area contributed by atoms with E-state index >= 15 is 0 Å². The Labute approximate surface area is 71.6 Å². The van der Waals surface area contributed by atoms with E-state index in [1.54, 1.807) is 12.4 Å². The molecule has 4 heteroatoms. The van der Waals surface area contributed by atoms with Crippen LogP contribution in [0.3, 0.4) is 0 Å². The number of rotatable bonds is 0. The summed E-state index contributed by atoms with van der Waals surface area (Å²) in [6.45, 7) is 0. The SMILES string of the molecule is Brc1nncc2cccnc12. The van der Waals surface area contributed by atoms with Gasteiger partial charge in [-0.3, -0.25) is 4.98 Å². The van der Waals surface area contributed by atoms with Gasteiger partial charge < -0.3 is 0 Å². The van der Waals surface area contributed by atoms with Crippen molar-refractivity contribution in [3.63, 3.8) is 0 Å². The molecule has 0 radical (unpaired) electrons. The summed E-state index contributed by atoms with van der Waals surface area (Å²) >= 11 is 3.26. The van der Waals surface area contributed by atoms with Gasteiger partial charge in [-0.1, -0.05) is 0 Å². The summed E-state index contributed by atoms with van der Waals surface area (Å²) in [5.74, 6) is 0. The van der Waals surface area contributed by atoms with Crippen molar-refractivity contribution in [3.8, 4) is 0 Å². The number of hydrogen-bond donors (Lipinski definition) is 0. The average Bonchev–Trinajstić information content (AvgIpc) is 2.06. The molecule has 0 saturated carbocycles. The standard InChI is InChI=1S/C7H4BrN3/c8-7-6-5(4-10-11-7)2-1-3-9-6/h1-4H. The molecule has 0 N–H and O–H groups in total. The number of hydrogen-bond acceptors (Lipinski definition) is 3. The first-order valence-electron chi connectivity index (χ1n) is 3.10. The Morgan fingerprint density at radius 3 is 3.09 bits per heavy atom. The van der Waals surface area contributed by atoms with Crippen molar-refractivity contribution in [2.75, 3.05) is 0 Å². The summed E-state index contributed by atoms with van der Waals surface area (Å²) in [6.07, 6.45) is 3.42. The van der Waals surface area contributed by atoms with Crippen LogP contribution in [0.1, 0.15) is 0 Å². The first kappa shape index (κ1) is 6.67. The molecule has 0 unspecified atom stereocenters. The van der Waals surface area contributed by atoms with E-state index in [1.807, 2.05) is 12.1 Å². The predicted octanol–water partition coefficient (Wildman–Crippen LogP) is 1.79. The number of fused-ring (bicyclic) bond motifs is 1. The molecule has 11 heavy (non-hydrogen) atoms. The second-order valence-corrected chi connectivity index (χ2v) is 2.83. The van der Waals surface area contributed by atoms with E-state index in [9.17, 15) is 0 Å². The Kier molecular flexibility index (Phi) is 1.54. The highest BCUT2D eigenvalue weighted by molar-refractivity contribution is 9.10. The number of nitrogens with zero attached hydrogens (tertiary/aromatic N) is 3. The lowest BCUT2D eigenvalue weighted by Gasteiger charge is -1.94. The monoisotopic (exact) mass is 209 g/mol. The molecule has 0 amide bonds. The molecule has 0 atom stereocenters. The van der Waals surface area contributed by atoms with Crippen LogP contribution in [0.15, 0.2) is 29.1 Å². The highest BCUT2D eigenvalue weighted by Crippen LogP contribution is 2.16. The number of aromatic nitrogens is 3. The summed E-state index contributed by atoms with van der Waals surface area (Å²) < 4.78 is 0.690. The molecule has 0 spiro atoms. The number of pyridine rings is 1. The molecule has 0 aliphatic carbocycles. The lowest BCUT2D eigenvalue weighted by Crippen LogP contribution is -1.85. The van der Waals surface area contributed by atoms with Crippen LogP contribution < -0.4 is 0 Å². The number of halogens is 1. The zero-order valence-corrected chi connectivity index (χ0v) is 7.12. The molecule has 0 fully saturated rings. The maximum atomic E-state index is 4.13. The molecule has 0 aliphatic rings. The van der Waals surface area contributed by atoms with Crippen molar-refractivity contribution in [1.29, 1.82) is 0 Å². The van der Waals surface area contributed by atoms with E-state index in [1.165, 1.54) is 0 Å². The van der Waals surface area contributed by atoms with E-state index in [0.717, 1.165) is 10.9 Å². The van der Waals surface area contributed by atoms with Gasteiger partial charge in [-0.15, -0.1) is 5.10 Å². The normalized spacial score (nSPS) is 10.3. The van der Waals surface area contributed by atoms with Gasteiger partial charge in [-0.05, 0) is 28.1 Å². The van der Waals surface area contributed by atoms with E-state index in [-0.39, 0.29) is 0 Å². The predicted molar refractivity (Wildman–Crippen MR) is 45.0 cm³/mol. The van der Waals surface area contributed by atoms with Gasteiger partial charge >= 0.3 is 0 Å². The fourth-order valence-corrected chi connectivity index (χ4v) is 1.31. The van der Waals surface area contributed by atoms with Crippen LogP contribution >= 0.6 is 15.9 Å². The van der Waals surface area contributed by atoms with E-state index in [0.29, 0.717) is 4.60 Å². The van der Waals surface area contributed by atoms with Crippen molar-refractivity contribution in [2.24, 2.45) is 0 Å². The van der Waals surface area contributed by atoms with E-state index < -0.39 is 0 Å². The van der Waals surface area contributed by atoms with Gasteiger partial charge in [0.05, 0.1) is 6.20 Å². The van der Waals surface area contributed by atoms with Gasteiger partial charge in [0.1, 0.15) is 5.52 Å². The van der Waals surface area contributed by atoms with E-state index in [4.69, 9.17) is 0 Å². The smallest absolute Gasteiger partial charge is 0.154 e. The van der Waals surface area contributed by atoms with Gasteiger partial charge in [0.25, 0.3) is 0 Å². The molecule has 2 aromatic rings. The fraction of sp³-hybridized carbons (Fsp3) is 0. The molecule has 0 bridgehead atoms. The van der Waals surface area contributed by atoms with Gasteiger partial charge in [0.15, 0.2) is 4.60 Å². The second-order valence-electron chi connectivity index (χ2n) is 2.08. The average molecular weight is 210 g/mol. The zero-order valence-electron chi connectivity index (χ0n) is 5.53. The summed E-state index contributed by atoms with van der Waals surface area (Å²) in [6, 6.07) is 3.82. The molecule has 0 saturated heterocycles. The van der Waals surface area contributed by atoms with Gasteiger partial charge in [-0.2, -0.15) is 5.10 Å². The summed E-state index contributed by atoms with van der Waals surface area (Å²) in [5.41, 5.74) is 0.850. The van der Waals surface area contributed by atoms with Crippen molar-refractivity contribution >= 4 is 26.8 Å². The van der Waals surface area contributed by atoms with Crippen molar-refractivity contribution in [3.05, 3.63) is 29.1 Å². The molecule has 2 heterocycles. The first-order chi connectivity index (χ1) is 5.38. The van der Waals surface area contributed by atoms with E-state index in [2.05, 4.69) is 31.1 Å². The van der Waals surface area contributed by atoms with Crippen LogP contribution in [0, 0.1) is 0 Å². The first-order valence-corrected chi connectivity index (χ1v) is 3.89. The third-order valence-corrected chi connectivity index (χ3v) is 1.91. The zero-order chi connectivity index (χ0) is 7.68. The summed E-state index contributed by atoms with van der Waals surface area (Å²) in [7, 11) is 0. The summed E-state index contributed by atoms with van der Waals surface area (Å²) in [5, 5.41) is 8.58. The lowest BCUT2D eigenvalue weighted by atomic mass is 10.3. The van der Waals surface area contributed by atoms with Crippen molar-refractivity contribution < 1.29 is 0 Å². The van der Waals surface area contributed by atoms with Crippen LogP contribution in [0.25, 0.3) is 10.9 Å². The third kappa shape index (κ3) is 1.09. The van der Waals surface area contributed by atoms with Gasteiger partial charge in [-0.25, -0.2) is 0 Å². The maximum Gasteiger partial charge on any atom is 0.154 e. The molecule has 0 aromatic carbocycles. The highest BCUT2D eigenvalue weighted by atomic mass is 79.9. The minimum atomic E-state index is 0.690. The summed E-state index contributed by atoms with van der Waals surface area (Å²) in [4.78, 5) is 4.13. The Balaban J connectivity index is 2.91. The second kappa shape index (κ2) is 2.54. The van der Waals surface area contributed by atoms with Crippen LogP contribution in [0.2, 0.25) is 0 Å². The van der Waals surface area contributed by atoms with Crippen molar-refractivity contribution in [2.45, 2.75) is 0 Å². The maximum absolute atomic E-state index is 4.13. The van der Waals surface area contributed by atoms with Crippen LogP contribution in [-0.4, -0.2) is 15.2 Å². The van der Waals surface area contributed by atoms with Crippen molar-refractivity contribution in [1.82, 2.24) is 15.2 Å². The molecule has 2 rings (SSSR count). The third-order valence-electron chi connectivity index (χ3n) is 1.38. The minimum Gasteiger partial charge on any atom is -0.253 e. The minimum absolute atomic E-state index is 0.690. The topological polar surface area (TPSA) is 38.7 Å². The lowest BCUT2D eigenvalue weighted by molar-refractivity contribution is 1.02. The molecule has 2 aromatic heterocycles.